The Hall–Kier alpha value is -3.09. The molecule has 7 heteroatoms. The predicted molar refractivity (Wildman–Crippen MR) is 133 cm³/mol. The lowest BCUT2D eigenvalue weighted by atomic mass is 9.94. The Labute approximate surface area is 205 Å². The number of hydrogen-bond donors (Lipinski definition) is 1. The van der Waals surface area contributed by atoms with Crippen molar-refractivity contribution >= 4 is 50.7 Å². The molecule has 1 heterocycles. The molecule has 1 aliphatic rings. The number of ketones is 1. The zero-order chi connectivity index (χ0) is 23.7. The molecule has 0 saturated carbocycles. The smallest absolute Gasteiger partial charge is 0.300 e. The normalized spacial score (nSPS) is 17.5. The first kappa shape index (κ1) is 23.1. The topological polar surface area (TPSA) is 66.8 Å². The second-order valence-corrected chi connectivity index (χ2v) is 8.91. The van der Waals surface area contributed by atoms with Gasteiger partial charge in [-0.05, 0) is 73.5 Å². The third-order valence-corrected chi connectivity index (χ3v) is 6.61. The van der Waals surface area contributed by atoms with E-state index in [1.165, 1.54) is 4.90 Å². The number of halogens is 2. The SMILES string of the molecule is CCOc1cccc(C2/C(=C(/O)c3ccc(Br)c(C)c3)C(=O)C(=O)N2c2ccc(Cl)cc2)c1. The molecule has 4 rings (SSSR count). The summed E-state index contributed by atoms with van der Waals surface area (Å²) in [6.45, 7) is 4.23. The average Bonchev–Trinajstić information content (AvgIpc) is 3.07. The maximum absolute atomic E-state index is 13.2. The number of carbonyl (C=O) groups is 2. The number of rotatable bonds is 5. The molecule has 168 valence electrons. The van der Waals surface area contributed by atoms with E-state index >= 15 is 0 Å². The number of nitrogens with zero attached hydrogens (tertiary/aromatic N) is 1. The largest absolute Gasteiger partial charge is 0.507 e. The van der Waals surface area contributed by atoms with Crippen LogP contribution < -0.4 is 9.64 Å². The molecular weight excluding hydrogens is 506 g/mol. The van der Waals surface area contributed by atoms with Gasteiger partial charge in [-0.3, -0.25) is 14.5 Å². The number of benzene rings is 3. The van der Waals surface area contributed by atoms with Crippen LogP contribution in [0.1, 0.15) is 29.7 Å². The highest BCUT2D eigenvalue weighted by molar-refractivity contribution is 9.10. The van der Waals surface area contributed by atoms with Crippen molar-refractivity contribution in [3.05, 3.63) is 98.5 Å². The highest BCUT2D eigenvalue weighted by Crippen LogP contribution is 2.43. The van der Waals surface area contributed by atoms with E-state index < -0.39 is 17.7 Å². The van der Waals surface area contributed by atoms with Gasteiger partial charge in [0.25, 0.3) is 11.7 Å². The van der Waals surface area contributed by atoms with Gasteiger partial charge in [-0.1, -0.05) is 45.7 Å². The highest BCUT2D eigenvalue weighted by atomic mass is 79.9. The molecule has 0 aliphatic carbocycles. The zero-order valence-corrected chi connectivity index (χ0v) is 20.4. The van der Waals surface area contributed by atoms with Crippen LogP contribution in [0.4, 0.5) is 5.69 Å². The van der Waals surface area contributed by atoms with Gasteiger partial charge >= 0.3 is 0 Å². The minimum absolute atomic E-state index is 0.0188. The summed E-state index contributed by atoms with van der Waals surface area (Å²) in [6.07, 6.45) is 0. The number of ether oxygens (including phenoxy) is 1. The van der Waals surface area contributed by atoms with Crippen molar-refractivity contribution in [2.24, 2.45) is 0 Å². The fraction of sp³-hybridized carbons (Fsp3) is 0.154. The molecule has 1 fully saturated rings. The van der Waals surface area contributed by atoms with Crippen molar-refractivity contribution in [1.29, 1.82) is 0 Å². The summed E-state index contributed by atoms with van der Waals surface area (Å²) in [5.74, 6) is -1.10. The summed E-state index contributed by atoms with van der Waals surface area (Å²) < 4.78 is 6.51. The van der Waals surface area contributed by atoms with E-state index in [1.54, 1.807) is 60.7 Å². The van der Waals surface area contributed by atoms with E-state index in [0.717, 1.165) is 10.0 Å². The van der Waals surface area contributed by atoms with Crippen molar-refractivity contribution in [1.82, 2.24) is 0 Å². The van der Waals surface area contributed by atoms with Gasteiger partial charge in [0.05, 0.1) is 18.2 Å². The maximum atomic E-state index is 13.2. The molecule has 1 atom stereocenters. The van der Waals surface area contributed by atoms with Crippen molar-refractivity contribution in [3.63, 3.8) is 0 Å². The Morgan fingerprint density at radius 2 is 1.82 bits per heavy atom. The van der Waals surface area contributed by atoms with Gasteiger partial charge in [-0.25, -0.2) is 0 Å². The molecule has 1 unspecified atom stereocenters. The fourth-order valence-electron chi connectivity index (χ4n) is 3.90. The van der Waals surface area contributed by atoms with Crippen LogP contribution in [0.25, 0.3) is 5.76 Å². The Balaban J connectivity index is 1.94. The lowest BCUT2D eigenvalue weighted by Crippen LogP contribution is -2.29. The van der Waals surface area contributed by atoms with Crippen LogP contribution in [0.3, 0.4) is 0 Å². The van der Waals surface area contributed by atoms with E-state index in [0.29, 0.717) is 34.2 Å². The third kappa shape index (κ3) is 4.41. The molecule has 1 amide bonds. The number of hydrogen-bond acceptors (Lipinski definition) is 4. The van der Waals surface area contributed by atoms with Gasteiger partial charge in [-0.15, -0.1) is 0 Å². The van der Waals surface area contributed by atoms with E-state index in [4.69, 9.17) is 16.3 Å². The first-order chi connectivity index (χ1) is 15.8. The number of aliphatic hydroxyl groups is 1. The molecule has 1 saturated heterocycles. The van der Waals surface area contributed by atoms with E-state index in [2.05, 4.69) is 15.9 Å². The first-order valence-corrected chi connectivity index (χ1v) is 11.5. The number of anilines is 1. The minimum Gasteiger partial charge on any atom is -0.507 e. The number of Topliss-reactive ketones (excluding diaryl/α,β-unsaturated/α-hetero) is 1. The van der Waals surface area contributed by atoms with Crippen LogP contribution in [-0.4, -0.2) is 23.4 Å². The van der Waals surface area contributed by atoms with E-state index in [-0.39, 0.29) is 11.3 Å². The van der Waals surface area contributed by atoms with Crippen LogP contribution in [0, 0.1) is 6.92 Å². The molecule has 1 aliphatic heterocycles. The third-order valence-electron chi connectivity index (χ3n) is 5.47. The quantitative estimate of drug-likeness (QED) is 0.236. The fourth-order valence-corrected chi connectivity index (χ4v) is 4.28. The molecule has 1 N–H and O–H groups in total. The van der Waals surface area contributed by atoms with E-state index in [9.17, 15) is 14.7 Å². The van der Waals surface area contributed by atoms with Crippen LogP contribution in [0.15, 0.2) is 76.8 Å². The summed E-state index contributed by atoms with van der Waals surface area (Å²) in [4.78, 5) is 27.8. The Bertz CT molecular complexity index is 1270. The molecule has 0 aromatic heterocycles. The monoisotopic (exact) mass is 525 g/mol. The molecule has 3 aromatic carbocycles. The molecule has 0 spiro atoms. The molecule has 5 nitrogen and oxygen atoms in total. The number of carbonyl (C=O) groups excluding carboxylic acids is 2. The standard InChI is InChI=1S/C26H21BrClNO4/c1-3-33-20-6-4-5-16(14-20)23-22(24(30)17-7-12-21(27)15(2)13-17)25(31)26(32)29(23)19-10-8-18(28)9-11-19/h4-14,23,30H,3H2,1-2H3/b24-22-. The Morgan fingerprint density at radius 3 is 2.48 bits per heavy atom. The second-order valence-electron chi connectivity index (χ2n) is 7.61. The van der Waals surface area contributed by atoms with Crippen LogP contribution >= 0.6 is 27.5 Å². The number of aryl methyl sites for hydroxylation is 1. The summed E-state index contributed by atoms with van der Waals surface area (Å²) >= 11 is 9.49. The van der Waals surface area contributed by atoms with Gasteiger partial charge < -0.3 is 9.84 Å². The lowest BCUT2D eigenvalue weighted by molar-refractivity contribution is -0.132. The van der Waals surface area contributed by atoms with Crippen LogP contribution in [0.2, 0.25) is 5.02 Å². The molecule has 3 aromatic rings. The van der Waals surface area contributed by atoms with Crippen molar-refractivity contribution in [3.8, 4) is 5.75 Å². The summed E-state index contributed by atoms with van der Waals surface area (Å²) in [6, 6.07) is 18.3. The molecule has 33 heavy (non-hydrogen) atoms. The molecule has 0 radical (unpaired) electrons. The summed E-state index contributed by atoms with van der Waals surface area (Å²) in [7, 11) is 0. The van der Waals surface area contributed by atoms with Crippen molar-refractivity contribution in [2.75, 3.05) is 11.5 Å². The van der Waals surface area contributed by atoms with Crippen LogP contribution in [0.5, 0.6) is 5.75 Å². The average molecular weight is 527 g/mol. The van der Waals surface area contributed by atoms with Gasteiger partial charge in [-0.2, -0.15) is 0 Å². The maximum Gasteiger partial charge on any atom is 0.300 e. The predicted octanol–water partition coefficient (Wildman–Crippen LogP) is 6.44. The van der Waals surface area contributed by atoms with Gasteiger partial charge in [0, 0.05) is 20.7 Å². The lowest BCUT2D eigenvalue weighted by Gasteiger charge is -2.26. The Kier molecular flexibility index (Phi) is 6.58. The van der Waals surface area contributed by atoms with E-state index in [1.807, 2.05) is 19.9 Å². The van der Waals surface area contributed by atoms with Gasteiger partial charge in [0.15, 0.2) is 0 Å². The zero-order valence-electron chi connectivity index (χ0n) is 18.0. The van der Waals surface area contributed by atoms with Gasteiger partial charge in [0.2, 0.25) is 0 Å². The van der Waals surface area contributed by atoms with Crippen molar-refractivity contribution in [2.45, 2.75) is 19.9 Å². The molecule has 0 bridgehead atoms. The summed E-state index contributed by atoms with van der Waals surface area (Å²) in [5, 5.41) is 11.8. The second kappa shape index (κ2) is 9.41. The first-order valence-electron chi connectivity index (χ1n) is 10.4. The molecular formula is C26H21BrClNO4. The number of amides is 1. The van der Waals surface area contributed by atoms with Gasteiger partial charge in [0.1, 0.15) is 11.5 Å². The Morgan fingerprint density at radius 1 is 1.09 bits per heavy atom. The van der Waals surface area contributed by atoms with Crippen LogP contribution in [-0.2, 0) is 9.59 Å². The minimum atomic E-state index is -0.837. The number of aliphatic hydroxyl groups excluding tert-OH is 1. The summed E-state index contributed by atoms with van der Waals surface area (Å²) in [5.41, 5.74) is 2.51. The highest BCUT2D eigenvalue weighted by Gasteiger charge is 2.47. The van der Waals surface area contributed by atoms with Crippen molar-refractivity contribution < 1.29 is 19.4 Å².